The van der Waals surface area contributed by atoms with Crippen LogP contribution in [-0.4, -0.2) is 33.0 Å². The molecule has 0 unspecified atom stereocenters. The topological polar surface area (TPSA) is 92.5 Å². The molecule has 1 aromatic carbocycles. The van der Waals surface area contributed by atoms with Crippen molar-refractivity contribution in [2.75, 3.05) is 18.0 Å². The maximum absolute atomic E-state index is 12.1. The molecule has 1 amide bonds. The summed E-state index contributed by atoms with van der Waals surface area (Å²) in [4.78, 5) is 13.5. The molecule has 1 saturated heterocycles. The third-order valence-corrected chi connectivity index (χ3v) is 4.67. The summed E-state index contributed by atoms with van der Waals surface area (Å²) >= 11 is 0. The van der Waals surface area contributed by atoms with Gasteiger partial charge in [0.05, 0.1) is 4.90 Å². The summed E-state index contributed by atoms with van der Waals surface area (Å²) in [5.74, 6) is 0.0774. The highest BCUT2D eigenvalue weighted by molar-refractivity contribution is 7.89. The number of carbonyl (C=O) groups is 1. The molecule has 0 saturated carbocycles. The lowest BCUT2D eigenvalue weighted by Crippen LogP contribution is -2.45. The third kappa shape index (κ3) is 4.67. The first-order chi connectivity index (χ1) is 9.69. The number of nitrogens with zero attached hydrogens (tertiary/aromatic N) is 1. The van der Waals surface area contributed by atoms with Gasteiger partial charge >= 0.3 is 0 Å². The Morgan fingerprint density at radius 3 is 2.32 bits per heavy atom. The predicted octanol–water partition coefficient (Wildman–Crippen LogP) is 1.25. The van der Waals surface area contributed by atoms with Gasteiger partial charge in [-0.3, -0.25) is 4.79 Å². The van der Waals surface area contributed by atoms with Gasteiger partial charge in [-0.25, -0.2) is 13.1 Å². The highest BCUT2D eigenvalue weighted by atomic mass is 35.5. The number of halogens is 1. The number of nitrogens with one attached hydrogen (secondary N) is 1. The molecule has 0 aliphatic carbocycles. The van der Waals surface area contributed by atoms with Gasteiger partial charge in [0.1, 0.15) is 0 Å². The van der Waals surface area contributed by atoms with Crippen molar-refractivity contribution in [2.24, 2.45) is 5.73 Å². The molecule has 1 heterocycles. The van der Waals surface area contributed by atoms with Crippen molar-refractivity contribution in [1.82, 2.24) is 4.72 Å². The van der Waals surface area contributed by atoms with Gasteiger partial charge < -0.3 is 10.6 Å². The number of rotatable bonds is 5. The fourth-order valence-corrected chi connectivity index (χ4v) is 3.31. The van der Waals surface area contributed by atoms with E-state index < -0.39 is 15.6 Å². The third-order valence-electron chi connectivity index (χ3n) is 3.25. The number of sulfonamides is 1. The highest BCUT2D eigenvalue weighted by Gasteiger charge is 2.23. The SMILES string of the molecule is CC(C)(N)CNS(=O)(=O)c1ccc(N2CCCC2=O)cc1.Cl. The van der Waals surface area contributed by atoms with Crippen molar-refractivity contribution in [1.29, 1.82) is 0 Å². The van der Waals surface area contributed by atoms with Crippen LogP contribution in [0.2, 0.25) is 0 Å². The summed E-state index contributed by atoms with van der Waals surface area (Å²) < 4.78 is 26.7. The first-order valence-electron chi connectivity index (χ1n) is 6.88. The summed E-state index contributed by atoms with van der Waals surface area (Å²) in [5.41, 5.74) is 5.89. The predicted molar refractivity (Wildman–Crippen MR) is 88.7 cm³/mol. The van der Waals surface area contributed by atoms with Crippen LogP contribution in [0.3, 0.4) is 0 Å². The molecule has 6 nitrogen and oxygen atoms in total. The Morgan fingerprint density at radius 1 is 1.27 bits per heavy atom. The molecule has 22 heavy (non-hydrogen) atoms. The number of hydrogen-bond acceptors (Lipinski definition) is 4. The summed E-state index contributed by atoms with van der Waals surface area (Å²) in [7, 11) is -3.58. The number of nitrogens with two attached hydrogens (primary N) is 1. The van der Waals surface area contributed by atoms with E-state index in [9.17, 15) is 13.2 Å². The van der Waals surface area contributed by atoms with Crippen molar-refractivity contribution in [2.45, 2.75) is 37.1 Å². The van der Waals surface area contributed by atoms with E-state index in [1.54, 1.807) is 30.9 Å². The molecule has 0 aromatic heterocycles. The number of amides is 1. The van der Waals surface area contributed by atoms with Crippen LogP contribution in [0.5, 0.6) is 0 Å². The maximum atomic E-state index is 12.1. The Labute approximate surface area is 137 Å². The van der Waals surface area contributed by atoms with Crippen molar-refractivity contribution < 1.29 is 13.2 Å². The minimum atomic E-state index is -3.58. The second-order valence-electron chi connectivity index (χ2n) is 5.96. The lowest BCUT2D eigenvalue weighted by atomic mass is 10.1. The van der Waals surface area contributed by atoms with E-state index in [2.05, 4.69) is 4.72 Å². The standard InChI is InChI=1S/C14H21N3O3S.ClH/c1-14(2,15)10-16-21(19,20)12-7-5-11(6-8-12)17-9-3-4-13(17)18;/h5-8,16H,3-4,9-10,15H2,1-2H3;1H. The Kier molecular flexibility index (Phi) is 5.97. The minimum absolute atomic E-state index is 0. The van der Waals surface area contributed by atoms with Gasteiger partial charge in [0.25, 0.3) is 0 Å². The van der Waals surface area contributed by atoms with Crippen molar-refractivity contribution >= 4 is 34.0 Å². The average Bonchev–Trinajstić information content (AvgIpc) is 2.82. The maximum Gasteiger partial charge on any atom is 0.240 e. The van der Waals surface area contributed by atoms with Crippen molar-refractivity contribution in [3.05, 3.63) is 24.3 Å². The summed E-state index contributed by atoms with van der Waals surface area (Å²) in [6.07, 6.45) is 1.39. The molecule has 0 radical (unpaired) electrons. The van der Waals surface area contributed by atoms with Gasteiger partial charge in [-0.2, -0.15) is 0 Å². The van der Waals surface area contributed by atoms with Gasteiger partial charge in [-0.1, -0.05) is 0 Å². The fraction of sp³-hybridized carbons (Fsp3) is 0.500. The molecule has 8 heteroatoms. The van der Waals surface area contributed by atoms with E-state index in [0.29, 0.717) is 13.0 Å². The van der Waals surface area contributed by atoms with E-state index in [4.69, 9.17) is 5.73 Å². The van der Waals surface area contributed by atoms with Gasteiger partial charge in [-0.05, 0) is 44.5 Å². The van der Waals surface area contributed by atoms with Crippen LogP contribution >= 0.6 is 12.4 Å². The molecular formula is C14H22ClN3O3S. The molecule has 2 rings (SSSR count). The molecule has 1 fully saturated rings. The first kappa shape index (κ1) is 18.9. The zero-order valence-electron chi connectivity index (χ0n) is 12.7. The molecule has 0 atom stereocenters. The number of carbonyl (C=O) groups excluding carboxylic acids is 1. The van der Waals surface area contributed by atoms with Crippen LogP contribution in [0.25, 0.3) is 0 Å². The number of anilines is 1. The van der Waals surface area contributed by atoms with E-state index >= 15 is 0 Å². The molecule has 0 spiro atoms. The molecule has 3 N–H and O–H groups in total. The quantitative estimate of drug-likeness (QED) is 0.838. The van der Waals surface area contributed by atoms with Crippen LogP contribution in [0.1, 0.15) is 26.7 Å². The molecule has 1 aromatic rings. The smallest absolute Gasteiger partial charge is 0.240 e. The van der Waals surface area contributed by atoms with Crippen molar-refractivity contribution in [3.8, 4) is 0 Å². The van der Waals surface area contributed by atoms with Crippen LogP contribution in [-0.2, 0) is 14.8 Å². The van der Waals surface area contributed by atoms with Crippen LogP contribution in [0, 0.1) is 0 Å². The van der Waals surface area contributed by atoms with Crippen LogP contribution in [0.15, 0.2) is 29.2 Å². The molecule has 1 aliphatic heterocycles. The van der Waals surface area contributed by atoms with E-state index in [-0.39, 0.29) is 29.8 Å². The number of benzene rings is 1. The zero-order valence-corrected chi connectivity index (χ0v) is 14.3. The van der Waals surface area contributed by atoms with E-state index in [0.717, 1.165) is 12.1 Å². The summed E-state index contributed by atoms with van der Waals surface area (Å²) in [5, 5.41) is 0. The van der Waals surface area contributed by atoms with Gasteiger partial charge in [0.15, 0.2) is 0 Å². The Balaban J connectivity index is 0.00000242. The van der Waals surface area contributed by atoms with Gasteiger partial charge in [-0.15, -0.1) is 12.4 Å². The van der Waals surface area contributed by atoms with Crippen molar-refractivity contribution in [3.63, 3.8) is 0 Å². The Morgan fingerprint density at radius 2 is 1.86 bits per heavy atom. The Bertz CT molecular complexity index is 624. The summed E-state index contributed by atoms with van der Waals surface area (Å²) in [6.45, 7) is 4.33. The zero-order chi connectivity index (χ0) is 15.7. The second-order valence-corrected chi connectivity index (χ2v) is 7.72. The van der Waals surface area contributed by atoms with E-state index in [1.165, 1.54) is 12.1 Å². The largest absolute Gasteiger partial charge is 0.324 e. The van der Waals surface area contributed by atoms with Gasteiger partial charge in [0, 0.05) is 30.7 Å². The normalized spacial score (nSPS) is 15.8. The lowest BCUT2D eigenvalue weighted by molar-refractivity contribution is -0.117. The summed E-state index contributed by atoms with van der Waals surface area (Å²) in [6, 6.07) is 6.33. The second kappa shape index (κ2) is 6.95. The molecule has 124 valence electrons. The van der Waals surface area contributed by atoms with Crippen LogP contribution < -0.4 is 15.4 Å². The first-order valence-corrected chi connectivity index (χ1v) is 8.36. The van der Waals surface area contributed by atoms with E-state index in [1.807, 2.05) is 0 Å². The van der Waals surface area contributed by atoms with Crippen LogP contribution in [0.4, 0.5) is 5.69 Å². The highest BCUT2D eigenvalue weighted by Crippen LogP contribution is 2.22. The lowest BCUT2D eigenvalue weighted by Gasteiger charge is -2.19. The number of hydrogen-bond donors (Lipinski definition) is 2. The molecule has 1 aliphatic rings. The fourth-order valence-electron chi connectivity index (χ4n) is 2.09. The Hall–Kier alpha value is -1.15. The average molecular weight is 348 g/mol. The minimum Gasteiger partial charge on any atom is -0.324 e. The monoisotopic (exact) mass is 347 g/mol. The van der Waals surface area contributed by atoms with Gasteiger partial charge in [0.2, 0.25) is 15.9 Å². The molecule has 0 bridgehead atoms. The molecular weight excluding hydrogens is 326 g/mol.